The zero-order valence-electron chi connectivity index (χ0n) is 8.35. The largest absolute Gasteiger partial charge is 0.316 e. The highest BCUT2D eigenvalue weighted by molar-refractivity contribution is 5.28. The van der Waals surface area contributed by atoms with Gasteiger partial charge < -0.3 is 5.32 Å². The minimum absolute atomic E-state index is 0.0579. The van der Waals surface area contributed by atoms with Gasteiger partial charge in [-0.15, -0.1) is 0 Å². The van der Waals surface area contributed by atoms with Crippen LogP contribution in [0.15, 0.2) is 18.3 Å². The molecule has 0 amide bonds. The Labute approximate surface area is 87.7 Å². The number of nitrogens with one attached hydrogen (secondary N) is 1. The van der Waals surface area contributed by atoms with Gasteiger partial charge in [-0.1, -0.05) is 0 Å². The van der Waals surface area contributed by atoms with Crippen LogP contribution in [-0.2, 0) is 0 Å². The first kappa shape index (κ1) is 10.0. The molecule has 5 heteroatoms. The SMILES string of the molecule is O=[N+]([O-])c1ccc(C2CCCNC2)nc1. The van der Waals surface area contributed by atoms with Crippen molar-refractivity contribution < 1.29 is 4.92 Å². The molecule has 2 heterocycles. The van der Waals surface area contributed by atoms with Gasteiger partial charge in [-0.25, -0.2) is 0 Å². The first-order valence-corrected chi connectivity index (χ1v) is 5.08. The normalized spacial score (nSPS) is 21.2. The van der Waals surface area contributed by atoms with Gasteiger partial charge in [-0.2, -0.15) is 0 Å². The van der Waals surface area contributed by atoms with Crippen LogP contribution in [0.4, 0.5) is 5.69 Å². The lowest BCUT2D eigenvalue weighted by molar-refractivity contribution is -0.385. The van der Waals surface area contributed by atoms with E-state index in [-0.39, 0.29) is 5.69 Å². The number of nitro groups is 1. The van der Waals surface area contributed by atoms with Gasteiger partial charge in [0.05, 0.1) is 4.92 Å². The summed E-state index contributed by atoms with van der Waals surface area (Å²) in [5.74, 6) is 0.402. The Hall–Kier alpha value is -1.49. The van der Waals surface area contributed by atoms with Gasteiger partial charge in [0.1, 0.15) is 6.20 Å². The number of hydrogen-bond donors (Lipinski definition) is 1. The first-order chi connectivity index (χ1) is 7.27. The molecule has 1 fully saturated rings. The predicted octanol–water partition coefficient (Wildman–Crippen LogP) is 1.46. The molecule has 0 saturated carbocycles. The zero-order valence-corrected chi connectivity index (χ0v) is 8.35. The highest BCUT2D eigenvalue weighted by Crippen LogP contribution is 2.22. The zero-order chi connectivity index (χ0) is 10.7. The summed E-state index contributed by atoms with van der Waals surface area (Å²) >= 11 is 0. The number of rotatable bonds is 2. The summed E-state index contributed by atoms with van der Waals surface area (Å²) in [5, 5.41) is 13.7. The molecule has 0 aromatic carbocycles. The minimum Gasteiger partial charge on any atom is -0.316 e. The summed E-state index contributed by atoms with van der Waals surface area (Å²) < 4.78 is 0. The van der Waals surface area contributed by atoms with Gasteiger partial charge in [0.2, 0.25) is 0 Å². The summed E-state index contributed by atoms with van der Waals surface area (Å²) in [6.45, 7) is 1.98. The number of piperidine rings is 1. The van der Waals surface area contributed by atoms with E-state index < -0.39 is 4.92 Å². The maximum absolute atomic E-state index is 10.4. The van der Waals surface area contributed by atoms with E-state index in [1.165, 1.54) is 12.3 Å². The Morgan fingerprint density at radius 3 is 2.93 bits per heavy atom. The van der Waals surface area contributed by atoms with Crippen LogP contribution in [0.3, 0.4) is 0 Å². The average molecular weight is 207 g/mol. The highest BCUT2D eigenvalue weighted by atomic mass is 16.6. The summed E-state index contributed by atoms with van der Waals surface area (Å²) in [5.41, 5.74) is 1.01. The molecule has 1 saturated heterocycles. The van der Waals surface area contributed by atoms with Gasteiger partial charge in [-0.3, -0.25) is 15.1 Å². The molecule has 80 valence electrons. The second kappa shape index (κ2) is 4.35. The van der Waals surface area contributed by atoms with E-state index in [4.69, 9.17) is 0 Å². The summed E-state index contributed by atoms with van der Waals surface area (Å²) in [4.78, 5) is 14.2. The third kappa shape index (κ3) is 2.30. The summed E-state index contributed by atoms with van der Waals surface area (Å²) in [6.07, 6.45) is 3.59. The molecule has 1 aromatic heterocycles. The molecule has 1 aliphatic heterocycles. The van der Waals surface area contributed by atoms with Gasteiger partial charge in [0.15, 0.2) is 0 Å². The van der Waals surface area contributed by atoms with Crippen LogP contribution in [0.2, 0.25) is 0 Å². The minimum atomic E-state index is -0.421. The molecule has 1 unspecified atom stereocenters. The molecular formula is C10H13N3O2. The Kier molecular flexibility index (Phi) is 2.91. The van der Waals surface area contributed by atoms with Crippen LogP contribution < -0.4 is 5.32 Å². The maximum atomic E-state index is 10.4. The van der Waals surface area contributed by atoms with Crippen molar-refractivity contribution in [2.75, 3.05) is 13.1 Å². The van der Waals surface area contributed by atoms with Crippen molar-refractivity contribution in [1.29, 1.82) is 0 Å². The van der Waals surface area contributed by atoms with Crippen LogP contribution in [0.1, 0.15) is 24.5 Å². The fraction of sp³-hybridized carbons (Fsp3) is 0.500. The molecular weight excluding hydrogens is 194 g/mol. The smallest absolute Gasteiger partial charge is 0.287 e. The highest BCUT2D eigenvalue weighted by Gasteiger charge is 2.17. The van der Waals surface area contributed by atoms with E-state index in [1.807, 2.05) is 0 Å². The van der Waals surface area contributed by atoms with Crippen molar-refractivity contribution in [3.05, 3.63) is 34.1 Å². The Bertz CT molecular complexity index is 344. The lowest BCUT2D eigenvalue weighted by atomic mass is 9.96. The van der Waals surface area contributed by atoms with Crippen molar-refractivity contribution in [1.82, 2.24) is 10.3 Å². The Morgan fingerprint density at radius 2 is 2.40 bits per heavy atom. The second-order valence-electron chi connectivity index (χ2n) is 3.74. The van der Waals surface area contributed by atoms with Crippen molar-refractivity contribution in [3.8, 4) is 0 Å². The lowest BCUT2D eigenvalue weighted by Crippen LogP contribution is -2.28. The van der Waals surface area contributed by atoms with Crippen molar-refractivity contribution >= 4 is 5.69 Å². The van der Waals surface area contributed by atoms with Crippen LogP contribution in [0.25, 0.3) is 0 Å². The molecule has 0 spiro atoms. The summed E-state index contributed by atoms with van der Waals surface area (Å²) in [6, 6.07) is 3.28. The number of pyridine rings is 1. The molecule has 0 aliphatic carbocycles. The standard InChI is InChI=1S/C10H13N3O2/c14-13(15)9-3-4-10(12-7-9)8-2-1-5-11-6-8/h3-4,7-8,11H,1-2,5-6H2. The third-order valence-electron chi connectivity index (χ3n) is 2.70. The van der Waals surface area contributed by atoms with Crippen molar-refractivity contribution in [3.63, 3.8) is 0 Å². The summed E-state index contributed by atoms with van der Waals surface area (Å²) in [7, 11) is 0. The van der Waals surface area contributed by atoms with Crippen LogP contribution in [-0.4, -0.2) is 23.0 Å². The molecule has 1 aromatic rings. The van der Waals surface area contributed by atoms with Crippen LogP contribution in [0.5, 0.6) is 0 Å². The number of aromatic nitrogens is 1. The number of hydrogen-bond acceptors (Lipinski definition) is 4. The van der Waals surface area contributed by atoms with E-state index >= 15 is 0 Å². The molecule has 1 atom stereocenters. The fourth-order valence-electron chi connectivity index (χ4n) is 1.85. The van der Waals surface area contributed by atoms with Crippen molar-refractivity contribution in [2.45, 2.75) is 18.8 Å². The van der Waals surface area contributed by atoms with Gasteiger partial charge in [0.25, 0.3) is 5.69 Å². The first-order valence-electron chi connectivity index (χ1n) is 5.08. The predicted molar refractivity (Wildman–Crippen MR) is 55.7 cm³/mol. The fourth-order valence-corrected chi connectivity index (χ4v) is 1.85. The maximum Gasteiger partial charge on any atom is 0.287 e. The monoisotopic (exact) mass is 207 g/mol. The van der Waals surface area contributed by atoms with E-state index in [1.54, 1.807) is 6.07 Å². The number of nitrogens with zero attached hydrogens (tertiary/aromatic N) is 2. The van der Waals surface area contributed by atoms with Crippen LogP contribution in [0, 0.1) is 10.1 Å². The Morgan fingerprint density at radius 1 is 1.53 bits per heavy atom. The van der Waals surface area contributed by atoms with Gasteiger partial charge >= 0.3 is 0 Å². The van der Waals surface area contributed by atoms with E-state index in [0.29, 0.717) is 5.92 Å². The van der Waals surface area contributed by atoms with E-state index in [2.05, 4.69) is 10.3 Å². The molecule has 15 heavy (non-hydrogen) atoms. The van der Waals surface area contributed by atoms with Crippen molar-refractivity contribution in [2.24, 2.45) is 0 Å². The second-order valence-corrected chi connectivity index (χ2v) is 3.74. The molecule has 0 bridgehead atoms. The Balaban J connectivity index is 2.11. The molecule has 1 N–H and O–H groups in total. The average Bonchev–Trinajstić information content (AvgIpc) is 2.30. The molecule has 0 radical (unpaired) electrons. The van der Waals surface area contributed by atoms with Crippen LogP contribution >= 0.6 is 0 Å². The van der Waals surface area contributed by atoms with E-state index in [0.717, 1.165) is 31.6 Å². The van der Waals surface area contributed by atoms with E-state index in [9.17, 15) is 10.1 Å². The topological polar surface area (TPSA) is 68.1 Å². The molecule has 5 nitrogen and oxygen atoms in total. The third-order valence-corrected chi connectivity index (χ3v) is 2.70. The van der Waals surface area contributed by atoms with Gasteiger partial charge in [0, 0.05) is 24.2 Å². The molecule has 1 aliphatic rings. The van der Waals surface area contributed by atoms with Gasteiger partial charge in [-0.05, 0) is 25.5 Å². The molecule has 2 rings (SSSR count). The lowest BCUT2D eigenvalue weighted by Gasteiger charge is -2.21. The quantitative estimate of drug-likeness (QED) is 0.588.